The smallest absolute Gasteiger partial charge is 0.235 e. The largest absolute Gasteiger partial charge is 0.369 e. The van der Waals surface area contributed by atoms with Crippen molar-refractivity contribution in [3.05, 3.63) is 34.9 Å². The van der Waals surface area contributed by atoms with Gasteiger partial charge in [0.25, 0.3) is 0 Å². The highest BCUT2D eigenvalue weighted by Gasteiger charge is 2.28. The minimum Gasteiger partial charge on any atom is -0.369 e. The van der Waals surface area contributed by atoms with Crippen molar-refractivity contribution in [1.82, 2.24) is 4.90 Å². The molecular weight excluding hydrogens is 308 g/mol. The van der Waals surface area contributed by atoms with Crippen molar-refractivity contribution in [2.24, 2.45) is 11.7 Å². The van der Waals surface area contributed by atoms with Crippen LogP contribution in [-0.4, -0.2) is 35.1 Å². The van der Waals surface area contributed by atoms with Crippen molar-refractivity contribution < 1.29 is 9.59 Å². The molecule has 1 aliphatic heterocycles. The van der Waals surface area contributed by atoms with Gasteiger partial charge in [0.2, 0.25) is 11.8 Å². The van der Waals surface area contributed by atoms with Gasteiger partial charge >= 0.3 is 0 Å². The van der Waals surface area contributed by atoms with Gasteiger partial charge in [-0.3, -0.25) is 9.59 Å². The minimum absolute atomic E-state index is 0.0694. The fraction of sp³-hybridized carbons (Fsp3) is 0.556. The summed E-state index contributed by atoms with van der Waals surface area (Å²) in [5, 5.41) is -0.0694. The van der Waals surface area contributed by atoms with E-state index in [-0.39, 0.29) is 23.0 Å². The van der Waals surface area contributed by atoms with Gasteiger partial charge in [-0.05, 0) is 44.7 Å². The fourth-order valence-electron chi connectivity index (χ4n) is 2.88. The van der Waals surface area contributed by atoms with E-state index >= 15 is 0 Å². The van der Waals surface area contributed by atoms with Crippen LogP contribution in [0.15, 0.2) is 18.2 Å². The van der Waals surface area contributed by atoms with Crippen LogP contribution in [0.5, 0.6) is 0 Å². The van der Waals surface area contributed by atoms with Gasteiger partial charge in [-0.25, -0.2) is 0 Å². The number of piperidine rings is 1. The molecule has 0 aliphatic carbocycles. The number of carbonyl (C=O) groups excluding carboxylic acids is 2. The molecule has 0 aromatic heterocycles. The molecule has 1 aliphatic rings. The summed E-state index contributed by atoms with van der Waals surface area (Å²) < 4.78 is 0. The van der Waals surface area contributed by atoms with Crippen LogP contribution in [-0.2, 0) is 15.3 Å². The molecule has 1 atom stereocenters. The number of nitrogens with two attached hydrogens (primary N) is 1. The third-order valence-corrected chi connectivity index (χ3v) is 5.73. The number of hydrogen-bond acceptors (Lipinski definition) is 3. The maximum atomic E-state index is 12.5. The zero-order valence-electron chi connectivity index (χ0n) is 14.2. The van der Waals surface area contributed by atoms with Crippen LogP contribution < -0.4 is 5.73 Å². The number of carbonyl (C=O) groups is 2. The van der Waals surface area contributed by atoms with E-state index in [0.29, 0.717) is 25.9 Å². The first kappa shape index (κ1) is 17.9. The number of aryl methyl sites for hydroxylation is 2. The van der Waals surface area contributed by atoms with Crippen LogP contribution in [0.1, 0.15) is 36.5 Å². The molecule has 1 heterocycles. The van der Waals surface area contributed by atoms with E-state index in [1.165, 1.54) is 16.7 Å². The van der Waals surface area contributed by atoms with Gasteiger partial charge in [-0.15, -0.1) is 11.8 Å². The van der Waals surface area contributed by atoms with E-state index in [2.05, 4.69) is 32.0 Å². The highest BCUT2D eigenvalue weighted by Crippen LogP contribution is 2.24. The maximum Gasteiger partial charge on any atom is 0.235 e. The summed E-state index contributed by atoms with van der Waals surface area (Å²) >= 11 is 1.68. The molecule has 2 rings (SSSR count). The van der Waals surface area contributed by atoms with Crippen molar-refractivity contribution in [3.63, 3.8) is 0 Å². The predicted molar refractivity (Wildman–Crippen MR) is 95.2 cm³/mol. The number of thioether (sulfide) groups is 1. The number of benzene rings is 1. The number of likely N-dealkylation sites (tertiary alicyclic amines) is 1. The molecule has 2 amide bonds. The Kier molecular flexibility index (Phi) is 6.10. The Balaban J connectivity index is 1.86. The van der Waals surface area contributed by atoms with Gasteiger partial charge in [0, 0.05) is 24.8 Å². The van der Waals surface area contributed by atoms with E-state index in [4.69, 9.17) is 5.73 Å². The van der Waals surface area contributed by atoms with E-state index in [1.54, 1.807) is 11.8 Å². The van der Waals surface area contributed by atoms with Crippen molar-refractivity contribution in [3.8, 4) is 0 Å². The first-order valence-electron chi connectivity index (χ1n) is 8.14. The normalized spacial score (nSPS) is 17.1. The van der Waals surface area contributed by atoms with Gasteiger partial charge in [-0.1, -0.05) is 23.8 Å². The molecule has 0 bridgehead atoms. The van der Waals surface area contributed by atoms with Crippen LogP contribution in [0.25, 0.3) is 0 Å². The summed E-state index contributed by atoms with van der Waals surface area (Å²) in [6.45, 7) is 7.45. The molecule has 1 fully saturated rings. The lowest BCUT2D eigenvalue weighted by Crippen LogP contribution is -2.44. The summed E-state index contributed by atoms with van der Waals surface area (Å²) in [6, 6.07) is 6.44. The lowest BCUT2D eigenvalue weighted by molar-refractivity contribution is -0.134. The van der Waals surface area contributed by atoms with Gasteiger partial charge in [-0.2, -0.15) is 0 Å². The summed E-state index contributed by atoms with van der Waals surface area (Å²) in [4.78, 5) is 25.6. The standard InChI is InChI=1S/C18H26N2O2S/c1-12-4-5-13(2)16(10-12)11-23-14(3)18(22)20-8-6-15(7-9-20)17(19)21/h4-5,10,14-15H,6-9,11H2,1-3H3,(H2,19,21)/t14-/m1/s1. The molecule has 23 heavy (non-hydrogen) atoms. The van der Waals surface area contributed by atoms with Crippen LogP contribution in [0.3, 0.4) is 0 Å². The summed E-state index contributed by atoms with van der Waals surface area (Å²) in [6.07, 6.45) is 1.38. The van der Waals surface area contributed by atoms with Crippen LogP contribution in [0.4, 0.5) is 0 Å². The zero-order chi connectivity index (χ0) is 17.0. The summed E-state index contributed by atoms with van der Waals surface area (Å²) in [7, 11) is 0. The molecule has 0 unspecified atom stereocenters. The number of rotatable bonds is 5. The van der Waals surface area contributed by atoms with E-state index in [1.807, 2.05) is 11.8 Å². The number of primary amides is 1. The van der Waals surface area contributed by atoms with Crippen LogP contribution >= 0.6 is 11.8 Å². The highest BCUT2D eigenvalue weighted by atomic mass is 32.2. The minimum atomic E-state index is -0.241. The average molecular weight is 334 g/mol. The molecule has 5 heteroatoms. The zero-order valence-corrected chi connectivity index (χ0v) is 15.0. The van der Waals surface area contributed by atoms with Gasteiger partial charge < -0.3 is 10.6 Å². The van der Waals surface area contributed by atoms with Crippen molar-refractivity contribution in [2.45, 2.75) is 44.6 Å². The quantitative estimate of drug-likeness (QED) is 0.900. The third-order valence-electron chi connectivity index (χ3n) is 4.55. The number of amides is 2. The highest BCUT2D eigenvalue weighted by molar-refractivity contribution is 7.99. The third kappa shape index (κ3) is 4.74. The van der Waals surface area contributed by atoms with Crippen LogP contribution in [0, 0.1) is 19.8 Å². The Morgan fingerprint density at radius 3 is 2.57 bits per heavy atom. The first-order valence-corrected chi connectivity index (χ1v) is 9.19. The van der Waals surface area contributed by atoms with Crippen molar-refractivity contribution in [1.29, 1.82) is 0 Å². The monoisotopic (exact) mass is 334 g/mol. The van der Waals surface area contributed by atoms with Gasteiger partial charge in [0.05, 0.1) is 5.25 Å². The topological polar surface area (TPSA) is 63.4 Å². The molecule has 1 aromatic carbocycles. The second-order valence-electron chi connectivity index (χ2n) is 6.39. The maximum absolute atomic E-state index is 12.5. The second kappa shape index (κ2) is 7.86. The van der Waals surface area contributed by atoms with E-state index in [9.17, 15) is 9.59 Å². The van der Waals surface area contributed by atoms with Gasteiger partial charge in [0.15, 0.2) is 0 Å². The number of hydrogen-bond donors (Lipinski definition) is 1. The van der Waals surface area contributed by atoms with Crippen molar-refractivity contribution in [2.75, 3.05) is 13.1 Å². The first-order chi connectivity index (χ1) is 10.9. The Morgan fingerprint density at radius 2 is 1.96 bits per heavy atom. The Morgan fingerprint density at radius 1 is 1.30 bits per heavy atom. The SMILES string of the molecule is Cc1ccc(C)c(CS[C@H](C)C(=O)N2CCC(C(N)=O)CC2)c1. The Labute approximate surface area is 142 Å². The predicted octanol–water partition coefficient (Wildman–Crippen LogP) is 2.65. The van der Waals surface area contributed by atoms with Crippen LogP contribution in [0.2, 0.25) is 0 Å². The Bertz CT molecular complexity index is 580. The van der Waals surface area contributed by atoms with Gasteiger partial charge in [0.1, 0.15) is 0 Å². The van der Waals surface area contributed by atoms with E-state index < -0.39 is 0 Å². The lowest BCUT2D eigenvalue weighted by Gasteiger charge is -2.32. The number of nitrogens with zero attached hydrogens (tertiary/aromatic N) is 1. The van der Waals surface area contributed by atoms with Crippen molar-refractivity contribution >= 4 is 23.6 Å². The molecular formula is C18H26N2O2S. The molecule has 126 valence electrons. The fourth-order valence-corrected chi connectivity index (χ4v) is 3.92. The summed E-state index contributed by atoms with van der Waals surface area (Å²) in [5.74, 6) is 0.702. The molecule has 1 aromatic rings. The molecule has 1 saturated heterocycles. The summed E-state index contributed by atoms with van der Waals surface area (Å²) in [5.41, 5.74) is 9.15. The molecule has 0 spiro atoms. The molecule has 4 nitrogen and oxygen atoms in total. The van der Waals surface area contributed by atoms with E-state index in [0.717, 1.165) is 5.75 Å². The second-order valence-corrected chi connectivity index (χ2v) is 7.71. The molecule has 2 N–H and O–H groups in total. The lowest BCUT2D eigenvalue weighted by atomic mass is 9.96. The molecule has 0 saturated carbocycles. The Hall–Kier alpha value is -1.49. The molecule has 0 radical (unpaired) electrons. The average Bonchev–Trinajstić information content (AvgIpc) is 2.54.